The summed E-state index contributed by atoms with van der Waals surface area (Å²) in [6.45, 7) is 9.29. The Labute approximate surface area is 104 Å². The topological polar surface area (TPSA) is 34.2 Å². The fourth-order valence-electron chi connectivity index (χ4n) is 1.96. The van der Waals surface area contributed by atoms with E-state index in [0.717, 1.165) is 31.8 Å². The van der Waals surface area contributed by atoms with Gasteiger partial charge >= 0.3 is 0 Å². The molecule has 0 saturated carbocycles. The van der Waals surface area contributed by atoms with Crippen molar-refractivity contribution in [1.82, 2.24) is 10.3 Å². The highest BCUT2D eigenvalue weighted by Crippen LogP contribution is 2.22. The second kappa shape index (κ2) is 5.15. The molecule has 2 heterocycles. The van der Waals surface area contributed by atoms with Gasteiger partial charge in [0.1, 0.15) is 0 Å². The molecular formula is C14H21N2O. The molecule has 1 fully saturated rings. The second-order valence-corrected chi connectivity index (χ2v) is 5.63. The van der Waals surface area contributed by atoms with Crippen molar-refractivity contribution in [2.45, 2.75) is 38.7 Å². The van der Waals surface area contributed by atoms with E-state index in [1.807, 2.05) is 6.07 Å². The molecule has 0 spiro atoms. The Balaban J connectivity index is 2.05. The van der Waals surface area contributed by atoms with E-state index in [-0.39, 0.29) is 11.5 Å². The molecule has 1 aromatic rings. The van der Waals surface area contributed by atoms with E-state index >= 15 is 0 Å². The highest BCUT2D eigenvalue weighted by atomic mass is 16.5. The van der Waals surface area contributed by atoms with Gasteiger partial charge in [-0.15, -0.1) is 0 Å². The third kappa shape index (κ3) is 3.51. The zero-order chi connectivity index (χ0) is 12.3. The first-order valence-corrected chi connectivity index (χ1v) is 6.25. The van der Waals surface area contributed by atoms with Crippen LogP contribution in [0.25, 0.3) is 0 Å². The Morgan fingerprint density at radius 1 is 1.53 bits per heavy atom. The maximum Gasteiger partial charge on any atom is 0.0892 e. The first kappa shape index (κ1) is 12.5. The van der Waals surface area contributed by atoms with E-state index in [1.165, 1.54) is 5.56 Å². The van der Waals surface area contributed by atoms with Crippen molar-refractivity contribution in [3.8, 4) is 0 Å². The first-order chi connectivity index (χ1) is 8.05. The van der Waals surface area contributed by atoms with E-state index in [4.69, 9.17) is 4.74 Å². The van der Waals surface area contributed by atoms with E-state index in [2.05, 4.69) is 43.3 Å². The number of pyridine rings is 1. The molecule has 1 atom stereocenters. The summed E-state index contributed by atoms with van der Waals surface area (Å²) in [6, 6.07) is 4.15. The van der Waals surface area contributed by atoms with E-state index in [1.54, 1.807) is 0 Å². The third-order valence-corrected chi connectivity index (χ3v) is 3.06. The van der Waals surface area contributed by atoms with Crippen molar-refractivity contribution in [3.05, 3.63) is 29.6 Å². The lowest BCUT2D eigenvalue weighted by molar-refractivity contribution is 0.0286. The van der Waals surface area contributed by atoms with Crippen molar-refractivity contribution in [3.63, 3.8) is 0 Å². The van der Waals surface area contributed by atoms with Crippen LogP contribution in [0, 0.1) is 6.20 Å². The highest BCUT2D eigenvalue weighted by Gasteiger charge is 2.17. The first-order valence-electron chi connectivity index (χ1n) is 6.25. The molecule has 17 heavy (non-hydrogen) atoms. The van der Waals surface area contributed by atoms with Crippen LogP contribution in [0.1, 0.15) is 32.0 Å². The van der Waals surface area contributed by atoms with Crippen molar-refractivity contribution in [2.24, 2.45) is 0 Å². The standard InChI is InChI=1S/C14H21N2O/c1-14(2,3)11-4-5-16-12(8-11)9-13-10-15-6-7-17-13/h4,8,13,15H,6-7,9-10H2,1-3H3. The zero-order valence-corrected chi connectivity index (χ0v) is 10.9. The van der Waals surface area contributed by atoms with Gasteiger partial charge in [-0.25, -0.2) is 0 Å². The van der Waals surface area contributed by atoms with Crippen LogP contribution < -0.4 is 5.32 Å². The van der Waals surface area contributed by atoms with Crippen LogP contribution in [0.2, 0.25) is 0 Å². The van der Waals surface area contributed by atoms with Gasteiger partial charge in [0.2, 0.25) is 0 Å². The third-order valence-electron chi connectivity index (χ3n) is 3.06. The molecule has 1 aliphatic heterocycles. The maximum absolute atomic E-state index is 5.69. The Morgan fingerprint density at radius 3 is 3.00 bits per heavy atom. The fraction of sp³-hybridized carbons (Fsp3) is 0.643. The monoisotopic (exact) mass is 233 g/mol. The molecule has 0 aliphatic carbocycles. The maximum atomic E-state index is 5.69. The van der Waals surface area contributed by atoms with Crippen molar-refractivity contribution in [2.75, 3.05) is 19.7 Å². The minimum atomic E-state index is 0.153. The fourth-order valence-corrected chi connectivity index (χ4v) is 1.96. The number of aromatic nitrogens is 1. The quantitative estimate of drug-likeness (QED) is 0.844. The molecule has 1 saturated heterocycles. The Kier molecular flexibility index (Phi) is 3.79. The average Bonchev–Trinajstić information content (AvgIpc) is 2.29. The van der Waals surface area contributed by atoms with Crippen LogP contribution in [0.5, 0.6) is 0 Å². The number of morpholine rings is 1. The van der Waals surface area contributed by atoms with Gasteiger partial charge in [-0.1, -0.05) is 20.8 Å². The van der Waals surface area contributed by atoms with E-state index < -0.39 is 0 Å². The van der Waals surface area contributed by atoms with Gasteiger partial charge in [-0.05, 0) is 23.1 Å². The minimum absolute atomic E-state index is 0.153. The summed E-state index contributed by atoms with van der Waals surface area (Å²) in [5, 5.41) is 3.34. The molecule has 0 aromatic carbocycles. The van der Waals surface area contributed by atoms with Gasteiger partial charge in [0, 0.05) is 25.2 Å². The summed E-state index contributed by atoms with van der Waals surface area (Å²) in [4.78, 5) is 4.31. The molecule has 1 aliphatic rings. The number of nitrogens with one attached hydrogen (secondary N) is 1. The molecule has 1 radical (unpaired) electrons. The predicted octanol–water partition coefficient (Wildman–Crippen LogP) is 1.71. The number of nitrogens with zero attached hydrogens (tertiary/aromatic N) is 1. The summed E-state index contributed by atoms with van der Waals surface area (Å²) < 4.78 is 5.69. The molecule has 0 amide bonds. The smallest absolute Gasteiger partial charge is 0.0892 e. The van der Waals surface area contributed by atoms with Crippen LogP contribution in [0.4, 0.5) is 0 Å². The molecular weight excluding hydrogens is 212 g/mol. The van der Waals surface area contributed by atoms with E-state index in [9.17, 15) is 0 Å². The summed E-state index contributed by atoms with van der Waals surface area (Å²) in [5.74, 6) is 0. The molecule has 3 heteroatoms. The van der Waals surface area contributed by atoms with Gasteiger partial charge in [-0.2, -0.15) is 0 Å². The lowest BCUT2D eigenvalue weighted by atomic mass is 9.87. The van der Waals surface area contributed by atoms with Crippen LogP contribution in [0.15, 0.2) is 12.1 Å². The number of ether oxygens (including phenoxy) is 1. The van der Waals surface area contributed by atoms with Gasteiger partial charge in [-0.3, -0.25) is 4.98 Å². The van der Waals surface area contributed by atoms with Crippen LogP contribution >= 0.6 is 0 Å². The normalized spacial score (nSPS) is 21.5. The van der Waals surface area contributed by atoms with Crippen LogP contribution in [-0.2, 0) is 16.6 Å². The van der Waals surface area contributed by atoms with Gasteiger partial charge < -0.3 is 10.1 Å². The minimum Gasteiger partial charge on any atom is -0.375 e. The summed E-state index contributed by atoms with van der Waals surface area (Å²) in [7, 11) is 0. The predicted molar refractivity (Wildman–Crippen MR) is 68.1 cm³/mol. The molecule has 93 valence electrons. The Morgan fingerprint density at radius 2 is 2.35 bits per heavy atom. The average molecular weight is 233 g/mol. The molecule has 1 N–H and O–H groups in total. The van der Waals surface area contributed by atoms with Crippen molar-refractivity contribution in [1.29, 1.82) is 0 Å². The summed E-state index contributed by atoms with van der Waals surface area (Å²) >= 11 is 0. The molecule has 1 unspecified atom stereocenters. The molecule has 3 nitrogen and oxygen atoms in total. The van der Waals surface area contributed by atoms with Gasteiger partial charge in [0.25, 0.3) is 0 Å². The zero-order valence-electron chi connectivity index (χ0n) is 10.9. The number of hydrogen-bond acceptors (Lipinski definition) is 3. The summed E-state index contributed by atoms with van der Waals surface area (Å²) in [5.41, 5.74) is 2.51. The number of rotatable bonds is 2. The molecule has 2 rings (SSSR count). The SMILES string of the molecule is CC(C)(C)c1c[c]nc(CC2CNCCO2)c1. The highest BCUT2D eigenvalue weighted by molar-refractivity contribution is 5.23. The largest absolute Gasteiger partial charge is 0.375 e. The lowest BCUT2D eigenvalue weighted by Gasteiger charge is -2.24. The van der Waals surface area contributed by atoms with Gasteiger partial charge in [0.15, 0.2) is 0 Å². The number of hydrogen-bond donors (Lipinski definition) is 1. The Bertz CT molecular complexity index is 365. The van der Waals surface area contributed by atoms with Crippen molar-refractivity contribution >= 4 is 0 Å². The van der Waals surface area contributed by atoms with E-state index in [0.29, 0.717) is 0 Å². The van der Waals surface area contributed by atoms with Gasteiger partial charge in [0.05, 0.1) is 18.9 Å². The van der Waals surface area contributed by atoms with Crippen LogP contribution in [0.3, 0.4) is 0 Å². The Hall–Kier alpha value is -0.930. The van der Waals surface area contributed by atoms with Crippen LogP contribution in [-0.4, -0.2) is 30.8 Å². The summed E-state index contributed by atoms with van der Waals surface area (Å²) in [6.07, 6.45) is 4.12. The molecule has 1 aromatic heterocycles. The van der Waals surface area contributed by atoms with Crippen molar-refractivity contribution < 1.29 is 4.74 Å². The molecule has 0 bridgehead atoms. The lowest BCUT2D eigenvalue weighted by Crippen LogP contribution is -2.39. The second-order valence-electron chi connectivity index (χ2n) is 5.63.